The Balaban J connectivity index is 4.42. The molecule has 0 heterocycles. The summed E-state index contributed by atoms with van der Waals surface area (Å²) < 4.78 is 1.10. The summed E-state index contributed by atoms with van der Waals surface area (Å²) >= 11 is 3.36. The zero-order valence-electron chi connectivity index (χ0n) is 8.18. The molecular weight excluding hydrogens is 224 g/mol. The van der Waals surface area contributed by atoms with Gasteiger partial charge in [0.1, 0.15) is 0 Å². The lowest BCUT2D eigenvalue weighted by atomic mass is 10.1. The van der Waals surface area contributed by atoms with Crippen molar-refractivity contribution in [3.05, 3.63) is 59.2 Å². The van der Waals surface area contributed by atoms with Crippen LogP contribution in [0.1, 0.15) is 13.8 Å². The molecule has 0 radical (unpaired) electrons. The average molecular weight is 239 g/mol. The Kier molecular flexibility index (Phi) is 6.25. The van der Waals surface area contributed by atoms with Gasteiger partial charge in [-0.25, -0.2) is 0 Å². The summed E-state index contributed by atoms with van der Waals surface area (Å²) in [7, 11) is 0. The van der Waals surface area contributed by atoms with E-state index in [4.69, 9.17) is 0 Å². The van der Waals surface area contributed by atoms with Crippen LogP contribution < -0.4 is 0 Å². The molecule has 0 spiro atoms. The van der Waals surface area contributed by atoms with Crippen molar-refractivity contribution in [3.63, 3.8) is 0 Å². The first-order chi connectivity index (χ1) is 6.07. The quantitative estimate of drug-likeness (QED) is 0.632. The number of rotatable bonds is 4. The van der Waals surface area contributed by atoms with E-state index in [1.54, 1.807) is 6.08 Å². The summed E-state index contributed by atoms with van der Waals surface area (Å²) in [5, 5.41) is 0. The highest BCUT2D eigenvalue weighted by molar-refractivity contribution is 9.11. The van der Waals surface area contributed by atoms with E-state index in [2.05, 4.69) is 29.1 Å². The van der Waals surface area contributed by atoms with Gasteiger partial charge in [0, 0.05) is 0 Å². The summed E-state index contributed by atoms with van der Waals surface area (Å²) in [6.45, 7) is 11.5. The first kappa shape index (κ1) is 12.2. The normalized spacial score (nSPS) is 13.5. The van der Waals surface area contributed by atoms with Gasteiger partial charge < -0.3 is 0 Å². The van der Waals surface area contributed by atoms with Crippen LogP contribution in [0.15, 0.2) is 59.2 Å². The fraction of sp³-hybridized carbons (Fsp3) is 0.167. The molecule has 0 saturated heterocycles. The highest BCUT2D eigenvalue weighted by Gasteiger charge is 1.89. The van der Waals surface area contributed by atoms with Gasteiger partial charge in [0.05, 0.1) is 0 Å². The van der Waals surface area contributed by atoms with Gasteiger partial charge in [0.15, 0.2) is 0 Å². The minimum absolute atomic E-state index is 1.00. The molecule has 13 heavy (non-hydrogen) atoms. The van der Waals surface area contributed by atoms with Crippen molar-refractivity contribution in [3.8, 4) is 0 Å². The van der Waals surface area contributed by atoms with Crippen LogP contribution in [-0.2, 0) is 0 Å². The largest absolute Gasteiger partial charge is 0.0991 e. The minimum Gasteiger partial charge on any atom is -0.0991 e. The molecule has 0 aliphatic rings. The van der Waals surface area contributed by atoms with Crippen LogP contribution in [-0.4, -0.2) is 0 Å². The number of allylic oxidation sites excluding steroid dienone is 8. The zero-order valence-corrected chi connectivity index (χ0v) is 9.76. The van der Waals surface area contributed by atoms with Crippen molar-refractivity contribution < 1.29 is 0 Å². The lowest BCUT2D eigenvalue weighted by Crippen LogP contribution is -1.76. The van der Waals surface area contributed by atoms with E-state index in [9.17, 15) is 0 Å². The van der Waals surface area contributed by atoms with Gasteiger partial charge in [0.25, 0.3) is 0 Å². The molecule has 0 aromatic carbocycles. The number of halogens is 1. The molecule has 1 heteroatoms. The van der Waals surface area contributed by atoms with Crippen LogP contribution in [0.2, 0.25) is 0 Å². The third-order valence-electron chi connectivity index (χ3n) is 1.50. The lowest BCUT2D eigenvalue weighted by molar-refractivity contribution is 1.44. The average Bonchev–Trinajstić information content (AvgIpc) is 2.10. The van der Waals surface area contributed by atoms with Crippen LogP contribution in [0.4, 0.5) is 0 Å². The highest BCUT2D eigenvalue weighted by Crippen LogP contribution is 2.10. The number of hydrogen-bond donors (Lipinski definition) is 0. The Hall–Kier alpha value is -0.820. The minimum atomic E-state index is 1.00. The third-order valence-corrected chi connectivity index (χ3v) is 1.77. The molecule has 0 nitrogen and oxygen atoms in total. The Morgan fingerprint density at radius 3 is 2.31 bits per heavy atom. The summed E-state index contributed by atoms with van der Waals surface area (Å²) in [4.78, 5) is 0. The van der Waals surface area contributed by atoms with E-state index < -0.39 is 0 Å². The predicted octanol–water partition coefficient (Wildman–Crippen LogP) is 4.53. The van der Waals surface area contributed by atoms with E-state index in [-0.39, 0.29) is 0 Å². The molecule has 0 amide bonds. The highest BCUT2D eigenvalue weighted by atomic mass is 79.9. The Morgan fingerprint density at radius 2 is 1.85 bits per heavy atom. The summed E-state index contributed by atoms with van der Waals surface area (Å²) in [6.07, 6.45) is 9.59. The maximum absolute atomic E-state index is 3.92. The summed E-state index contributed by atoms with van der Waals surface area (Å²) in [5.74, 6) is 0. The molecule has 0 aliphatic carbocycles. The zero-order chi connectivity index (χ0) is 10.3. The van der Waals surface area contributed by atoms with Gasteiger partial charge in [-0.3, -0.25) is 0 Å². The van der Waals surface area contributed by atoms with Crippen molar-refractivity contribution in [2.24, 2.45) is 0 Å². The SMILES string of the molecule is C=C/C=C\C(=C)/C(C)=C/C=C(\C)Br. The molecule has 0 rings (SSSR count). The van der Waals surface area contributed by atoms with Crippen molar-refractivity contribution in [2.45, 2.75) is 13.8 Å². The predicted molar refractivity (Wildman–Crippen MR) is 64.9 cm³/mol. The topological polar surface area (TPSA) is 0 Å². The summed E-state index contributed by atoms with van der Waals surface area (Å²) in [5.41, 5.74) is 2.15. The molecule has 0 fully saturated rings. The molecular formula is C12H15Br. The Labute approximate surface area is 89.2 Å². The fourth-order valence-electron chi connectivity index (χ4n) is 0.663. The first-order valence-corrected chi connectivity index (χ1v) is 4.86. The van der Waals surface area contributed by atoms with Crippen molar-refractivity contribution in [1.29, 1.82) is 0 Å². The molecule has 0 aromatic rings. The monoisotopic (exact) mass is 238 g/mol. The van der Waals surface area contributed by atoms with Crippen LogP contribution >= 0.6 is 15.9 Å². The maximum atomic E-state index is 3.92. The molecule has 0 aromatic heterocycles. The fourth-order valence-corrected chi connectivity index (χ4v) is 0.795. The molecule has 0 aliphatic heterocycles. The van der Waals surface area contributed by atoms with Gasteiger partial charge in [-0.1, -0.05) is 59.5 Å². The molecule has 0 N–H and O–H groups in total. The van der Waals surface area contributed by atoms with Gasteiger partial charge in [-0.2, -0.15) is 0 Å². The van der Waals surface area contributed by atoms with Crippen molar-refractivity contribution in [2.75, 3.05) is 0 Å². The van der Waals surface area contributed by atoms with Gasteiger partial charge in [0.2, 0.25) is 0 Å². The molecule has 0 saturated carbocycles. The standard InChI is InChI=1S/C12H15Br/c1-5-6-7-10(2)11(3)8-9-12(4)13/h5-9H,1-2H2,3-4H3/b7-6-,11-8+,12-9+. The van der Waals surface area contributed by atoms with Crippen molar-refractivity contribution in [1.82, 2.24) is 0 Å². The van der Waals surface area contributed by atoms with Crippen LogP contribution in [0.25, 0.3) is 0 Å². The molecule has 70 valence electrons. The Morgan fingerprint density at radius 1 is 1.23 bits per heavy atom. The van der Waals surface area contributed by atoms with E-state index >= 15 is 0 Å². The molecule has 0 bridgehead atoms. The van der Waals surface area contributed by atoms with E-state index in [0.29, 0.717) is 0 Å². The Bertz CT molecular complexity index is 273. The van der Waals surface area contributed by atoms with E-state index in [0.717, 1.165) is 15.6 Å². The van der Waals surface area contributed by atoms with E-state index in [1.807, 2.05) is 38.2 Å². The first-order valence-electron chi connectivity index (χ1n) is 4.07. The van der Waals surface area contributed by atoms with E-state index in [1.165, 1.54) is 0 Å². The number of hydrogen-bond acceptors (Lipinski definition) is 0. The lowest BCUT2D eigenvalue weighted by Gasteiger charge is -1.97. The second kappa shape index (κ2) is 6.67. The maximum Gasteiger partial charge on any atom is -0.00803 e. The van der Waals surface area contributed by atoms with Crippen LogP contribution in [0.3, 0.4) is 0 Å². The van der Waals surface area contributed by atoms with Crippen LogP contribution in [0, 0.1) is 0 Å². The van der Waals surface area contributed by atoms with Gasteiger partial charge in [-0.15, -0.1) is 0 Å². The second-order valence-corrected chi connectivity index (χ2v) is 3.97. The second-order valence-electron chi connectivity index (χ2n) is 2.72. The van der Waals surface area contributed by atoms with Gasteiger partial charge in [-0.05, 0) is 29.5 Å². The van der Waals surface area contributed by atoms with Crippen LogP contribution in [0.5, 0.6) is 0 Å². The third kappa shape index (κ3) is 6.35. The summed E-state index contributed by atoms with van der Waals surface area (Å²) in [6, 6.07) is 0. The molecule has 0 atom stereocenters. The smallest absolute Gasteiger partial charge is 0.00803 e. The van der Waals surface area contributed by atoms with Gasteiger partial charge >= 0.3 is 0 Å². The van der Waals surface area contributed by atoms with Crippen molar-refractivity contribution >= 4 is 15.9 Å². The molecule has 0 unspecified atom stereocenters.